The molecule has 0 fully saturated rings. The van der Waals surface area contributed by atoms with Crippen molar-refractivity contribution in [1.29, 1.82) is 0 Å². The minimum Gasteiger partial charge on any atom is -0.490 e. The summed E-state index contributed by atoms with van der Waals surface area (Å²) in [5, 5.41) is 17.2. The minimum absolute atomic E-state index is 0.124. The van der Waals surface area contributed by atoms with Gasteiger partial charge < -0.3 is 9.47 Å². The van der Waals surface area contributed by atoms with Crippen molar-refractivity contribution in [2.75, 3.05) is 6.61 Å². The normalized spacial score (nSPS) is 11.0. The first kappa shape index (κ1) is 25.2. The highest BCUT2D eigenvalue weighted by molar-refractivity contribution is 6.35. The van der Waals surface area contributed by atoms with E-state index in [4.69, 9.17) is 32.7 Å². The maximum Gasteiger partial charge on any atom is 0.263 e. The summed E-state index contributed by atoms with van der Waals surface area (Å²) in [6.45, 7) is 2.46. The minimum atomic E-state index is -0.395. The lowest BCUT2D eigenvalue weighted by molar-refractivity contribution is -0.122. The quantitative estimate of drug-likeness (QED) is 0.236. The number of hydrazone groups is 1. The van der Waals surface area contributed by atoms with E-state index in [-0.39, 0.29) is 13.2 Å². The molecule has 3 aromatic carbocycles. The number of tetrazole rings is 1. The van der Waals surface area contributed by atoms with Crippen LogP contribution in [0.3, 0.4) is 0 Å². The third kappa shape index (κ3) is 6.80. The SMILES string of the molecule is CCOc1cc(/C=N/NC(=O)Cn2nnc(-c3ccccc3)n2)ccc1OCc1ccc(Cl)cc1Cl. The molecule has 11 heteroatoms. The summed E-state index contributed by atoms with van der Waals surface area (Å²) >= 11 is 12.2. The molecule has 0 aliphatic heterocycles. The first-order valence-electron chi connectivity index (χ1n) is 11.0. The molecule has 1 aromatic heterocycles. The van der Waals surface area contributed by atoms with Crippen LogP contribution in [0.25, 0.3) is 11.4 Å². The van der Waals surface area contributed by atoms with E-state index in [9.17, 15) is 4.79 Å². The van der Waals surface area contributed by atoms with Gasteiger partial charge in [-0.15, -0.1) is 10.2 Å². The number of aromatic nitrogens is 4. The van der Waals surface area contributed by atoms with Gasteiger partial charge in [-0.25, -0.2) is 5.43 Å². The summed E-state index contributed by atoms with van der Waals surface area (Å²) in [7, 11) is 0. The van der Waals surface area contributed by atoms with Gasteiger partial charge in [-0.05, 0) is 48.0 Å². The van der Waals surface area contributed by atoms with Gasteiger partial charge in [0.05, 0.1) is 12.8 Å². The van der Waals surface area contributed by atoms with Gasteiger partial charge in [0.15, 0.2) is 11.5 Å². The van der Waals surface area contributed by atoms with Crippen LogP contribution in [0.15, 0.2) is 71.8 Å². The molecule has 0 saturated carbocycles. The molecule has 0 bridgehead atoms. The van der Waals surface area contributed by atoms with Crippen molar-refractivity contribution in [2.24, 2.45) is 5.10 Å². The van der Waals surface area contributed by atoms with Crippen molar-refractivity contribution < 1.29 is 14.3 Å². The summed E-state index contributed by atoms with van der Waals surface area (Å²) in [6.07, 6.45) is 1.50. The van der Waals surface area contributed by atoms with E-state index < -0.39 is 5.91 Å². The summed E-state index contributed by atoms with van der Waals surface area (Å²) in [4.78, 5) is 13.4. The lowest BCUT2D eigenvalue weighted by Crippen LogP contribution is -2.24. The predicted molar refractivity (Wildman–Crippen MR) is 137 cm³/mol. The van der Waals surface area contributed by atoms with Crippen LogP contribution in [0.1, 0.15) is 18.1 Å². The van der Waals surface area contributed by atoms with Crippen LogP contribution in [0.5, 0.6) is 11.5 Å². The Balaban J connectivity index is 1.34. The Morgan fingerprint density at radius 3 is 2.67 bits per heavy atom. The molecule has 0 aliphatic rings. The van der Waals surface area contributed by atoms with E-state index in [1.54, 1.807) is 30.3 Å². The van der Waals surface area contributed by atoms with E-state index in [1.165, 1.54) is 11.0 Å². The Morgan fingerprint density at radius 2 is 1.89 bits per heavy atom. The highest BCUT2D eigenvalue weighted by Gasteiger charge is 2.10. The molecule has 4 rings (SSSR count). The zero-order chi connectivity index (χ0) is 25.3. The number of hydrogen-bond donors (Lipinski definition) is 1. The van der Waals surface area contributed by atoms with Crippen molar-refractivity contribution in [3.8, 4) is 22.9 Å². The Kier molecular flexibility index (Phi) is 8.48. The summed E-state index contributed by atoms with van der Waals surface area (Å²) < 4.78 is 11.6. The van der Waals surface area contributed by atoms with Gasteiger partial charge in [0.1, 0.15) is 13.2 Å². The molecule has 36 heavy (non-hydrogen) atoms. The van der Waals surface area contributed by atoms with E-state index in [1.807, 2.05) is 43.3 Å². The number of benzene rings is 3. The van der Waals surface area contributed by atoms with Crippen molar-refractivity contribution in [2.45, 2.75) is 20.1 Å². The average molecular weight is 525 g/mol. The monoisotopic (exact) mass is 524 g/mol. The molecule has 0 saturated heterocycles. The van der Waals surface area contributed by atoms with E-state index in [2.05, 4.69) is 25.9 Å². The maximum absolute atomic E-state index is 12.2. The Hall–Kier alpha value is -3.95. The second kappa shape index (κ2) is 12.1. The zero-order valence-electron chi connectivity index (χ0n) is 19.3. The van der Waals surface area contributed by atoms with Gasteiger partial charge >= 0.3 is 0 Å². The van der Waals surface area contributed by atoms with Crippen molar-refractivity contribution in [3.63, 3.8) is 0 Å². The first-order valence-corrected chi connectivity index (χ1v) is 11.8. The number of rotatable bonds is 10. The lowest BCUT2D eigenvalue weighted by atomic mass is 10.2. The molecular weight excluding hydrogens is 503 g/mol. The fourth-order valence-corrected chi connectivity index (χ4v) is 3.61. The molecule has 0 radical (unpaired) electrons. The first-order chi connectivity index (χ1) is 17.5. The molecule has 1 amide bonds. The van der Waals surface area contributed by atoms with Gasteiger partial charge in [-0.2, -0.15) is 9.90 Å². The Bertz CT molecular complexity index is 1360. The van der Waals surface area contributed by atoms with Crippen molar-refractivity contribution in [3.05, 3.63) is 87.9 Å². The molecular formula is C25H22Cl2N6O3. The number of nitrogens with one attached hydrogen (secondary N) is 1. The highest BCUT2D eigenvalue weighted by atomic mass is 35.5. The van der Waals surface area contributed by atoms with Crippen LogP contribution in [-0.4, -0.2) is 38.9 Å². The van der Waals surface area contributed by atoms with Gasteiger partial charge in [0.25, 0.3) is 5.91 Å². The number of ether oxygens (including phenoxy) is 2. The van der Waals surface area contributed by atoms with Crippen molar-refractivity contribution >= 4 is 35.3 Å². The Morgan fingerprint density at radius 1 is 1.06 bits per heavy atom. The summed E-state index contributed by atoms with van der Waals surface area (Å²) in [5.74, 6) is 1.14. The van der Waals surface area contributed by atoms with Crippen LogP contribution in [-0.2, 0) is 17.9 Å². The second-order valence-electron chi connectivity index (χ2n) is 7.47. The van der Waals surface area contributed by atoms with Crippen LogP contribution < -0.4 is 14.9 Å². The predicted octanol–water partition coefficient (Wildman–Crippen LogP) is 4.77. The molecule has 0 aliphatic carbocycles. The van der Waals surface area contributed by atoms with Crippen LogP contribution >= 0.6 is 23.2 Å². The maximum atomic E-state index is 12.2. The smallest absolute Gasteiger partial charge is 0.263 e. The third-order valence-electron chi connectivity index (χ3n) is 4.84. The van der Waals surface area contributed by atoms with Gasteiger partial charge in [0.2, 0.25) is 5.82 Å². The molecule has 4 aromatic rings. The number of nitrogens with zero attached hydrogens (tertiary/aromatic N) is 5. The molecule has 9 nitrogen and oxygen atoms in total. The lowest BCUT2D eigenvalue weighted by Gasteiger charge is -2.13. The summed E-state index contributed by atoms with van der Waals surface area (Å²) in [6, 6.07) is 19.9. The van der Waals surface area contributed by atoms with Crippen LogP contribution in [0.4, 0.5) is 0 Å². The van der Waals surface area contributed by atoms with E-state index in [0.717, 1.165) is 11.1 Å². The second-order valence-corrected chi connectivity index (χ2v) is 8.31. The van der Waals surface area contributed by atoms with Crippen LogP contribution in [0.2, 0.25) is 10.0 Å². The number of carbonyl (C=O) groups excluding carboxylic acids is 1. The fraction of sp³-hybridized carbons (Fsp3) is 0.160. The molecule has 0 spiro atoms. The largest absolute Gasteiger partial charge is 0.490 e. The number of halogens is 2. The van der Waals surface area contributed by atoms with Crippen molar-refractivity contribution in [1.82, 2.24) is 25.6 Å². The topological polar surface area (TPSA) is 104 Å². The Labute approximate surface area is 217 Å². The number of hydrogen-bond acceptors (Lipinski definition) is 7. The summed E-state index contributed by atoms with van der Waals surface area (Å²) in [5.41, 5.74) is 4.78. The van der Waals surface area contributed by atoms with E-state index >= 15 is 0 Å². The van der Waals surface area contributed by atoms with Gasteiger partial charge in [0, 0.05) is 21.2 Å². The fourth-order valence-electron chi connectivity index (χ4n) is 3.14. The number of carbonyl (C=O) groups is 1. The van der Waals surface area contributed by atoms with E-state index in [0.29, 0.717) is 39.5 Å². The molecule has 1 heterocycles. The molecule has 0 atom stereocenters. The standard InChI is InChI=1S/C25H22Cl2N6O3/c1-2-35-23-12-17(8-11-22(23)36-16-19-9-10-20(26)13-21(19)27)14-28-29-24(34)15-33-31-25(30-32-33)18-6-4-3-5-7-18/h3-14H,2,15-16H2,1H3,(H,29,34)/b28-14+. The van der Waals surface area contributed by atoms with Gasteiger partial charge in [-0.1, -0.05) is 59.6 Å². The van der Waals surface area contributed by atoms with Gasteiger partial charge in [-0.3, -0.25) is 4.79 Å². The number of amides is 1. The zero-order valence-corrected chi connectivity index (χ0v) is 20.8. The highest BCUT2D eigenvalue weighted by Crippen LogP contribution is 2.30. The third-order valence-corrected chi connectivity index (χ3v) is 5.43. The van der Waals surface area contributed by atoms with Crippen LogP contribution in [0, 0.1) is 0 Å². The molecule has 1 N–H and O–H groups in total. The molecule has 184 valence electrons. The molecule has 0 unspecified atom stereocenters. The average Bonchev–Trinajstić information content (AvgIpc) is 3.33.